The van der Waals surface area contributed by atoms with E-state index in [1.165, 1.54) is 5.56 Å². The Morgan fingerprint density at radius 1 is 1.20 bits per heavy atom. The maximum absolute atomic E-state index is 12.7. The van der Waals surface area contributed by atoms with Crippen molar-refractivity contribution < 1.29 is 13.9 Å². The summed E-state index contributed by atoms with van der Waals surface area (Å²) in [5, 5.41) is 0. The largest absolute Gasteiger partial charge is 0.494 e. The Hall–Kier alpha value is -2.23. The van der Waals surface area contributed by atoms with Crippen LogP contribution >= 0.6 is 0 Å². The highest BCUT2D eigenvalue weighted by Gasteiger charge is 2.47. The predicted molar refractivity (Wildman–Crippen MR) is 95.7 cm³/mol. The lowest BCUT2D eigenvalue weighted by atomic mass is 9.88. The van der Waals surface area contributed by atoms with Gasteiger partial charge in [0.25, 0.3) is 0 Å². The summed E-state index contributed by atoms with van der Waals surface area (Å²) in [6.07, 6.45) is 4.64. The molecule has 2 heterocycles. The molecule has 2 aliphatic rings. The van der Waals surface area contributed by atoms with Crippen LogP contribution in [0.3, 0.4) is 0 Å². The quantitative estimate of drug-likeness (QED) is 0.820. The van der Waals surface area contributed by atoms with E-state index in [0.717, 1.165) is 43.9 Å². The van der Waals surface area contributed by atoms with Gasteiger partial charge in [-0.25, -0.2) is 0 Å². The van der Waals surface area contributed by atoms with Gasteiger partial charge in [0, 0.05) is 24.9 Å². The molecule has 2 atom stereocenters. The molecule has 132 valence electrons. The molecule has 2 aromatic rings. The van der Waals surface area contributed by atoms with E-state index in [2.05, 4.69) is 18.2 Å². The van der Waals surface area contributed by atoms with Gasteiger partial charge >= 0.3 is 0 Å². The lowest BCUT2D eigenvalue weighted by Crippen LogP contribution is -2.39. The monoisotopic (exact) mass is 339 g/mol. The van der Waals surface area contributed by atoms with Gasteiger partial charge in [0.1, 0.15) is 11.5 Å². The second kappa shape index (κ2) is 6.95. The fraction of sp³-hybridized carbons (Fsp3) is 0.476. The second-order valence-corrected chi connectivity index (χ2v) is 7.03. The Morgan fingerprint density at radius 3 is 2.72 bits per heavy atom. The maximum atomic E-state index is 12.7. The third kappa shape index (κ3) is 3.30. The van der Waals surface area contributed by atoms with Crippen molar-refractivity contribution in [3.05, 3.63) is 54.0 Å². The first-order valence-electron chi connectivity index (χ1n) is 9.31. The summed E-state index contributed by atoms with van der Waals surface area (Å²) in [5.41, 5.74) is 1.29. The van der Waals surface area contributed by atoms with Crippen LogP contribution < -0.4 is 4.74 Å². The van der Waals surface area contributed by atoms with E-state index in [1.807, 2.05) is 30.0 Å². The van der Waals surface area contributed by atoms with Gasteiger partial charge in [0.15, 0.2) is 0 Å². The van der Waals surface area contributed by atoms with E-state index < -0.39 is 0 Å². The zero-order valence-electron chi connectivity index (χ0n) is 14.7. The number of amides is 1. The number of furan rings is 1. The van der Waals surface area contributed by atoms with E-state index in [9.17, 15) is 4.79 Å². The first-order chi connectivity index (χ1) is 12.3. The van der Waals surface area contributed by atoms with Gasteiger partial charge in [-0.05, 0) is 55.9 Å². The number of carbonyl (C=O) groups is 1. The number of likely N-dealkylation sites (tertiary alicyclic amines) is 1. The van der Waals surface area contributed by atoms with Crippen molar-refractivity contribution in [2.75, 3.05) is 19.7 Å². The molecular weight excluding hydrogens is 314 g/mol. The number of rotatable bonds is 5. The molecule has 1 aliphatic carbocycles. The lowest BCUT2D eigenvalue weighted by Gasteiger charge is -2.33. The number of benzene rings is 1. The summed E-state index contributed by atoms with van der Waals surface area (Å²) in [7, 11) is 0. The van der Waals surface area contributed by atoms with Gasteiger partial charge < -0.3 is 14.1 Å². The summed E-state index contributed by atoms with van der Waals surface area (Å²) in [6, 6.07) is 12.2. The Kier molecular flexibility index (Phi) is 4.51. The molecule has 0 N–H and O–H groups in total. The lowest BCUT2D eigenvalue weighted by molar-refractivity contribution is -0.133. The van der Waals surface area contributed by atoms with Crippen LogP contribution in [0, 0.1) is 5.92 Å². The van der Waals surface area contributed by atoms with Crippen molar-refractivity contribution in [3.63, 3.8) is 0 Å². The van der Waals surface area contributed by atoms with E-state index in [4.69, 9.17) is 9.15 Å². The van der Waals surface area contributed by atoms with E-state index in [0.29, 0.717) is 24.3 Å². The van der Waals surface area contributed by atoms with Crippen LogP contribution in [0.2, 0.25) is 0 Å². The van der Waals surface area contributed by atoms with Crippen LogP contribution in [0.5, 0.6) is 5.75 Å². The Bertz CT molecular complexity index is 717. The SMILES string of the molecule is CCOc1ccccc1C1CCN(C(=O)C2CC2c2ccco2)CC1. The highest BCUT2D eigenvalue weighted by atomic mass is 16.5. The first-order valence-corrected chi connectivity index (χ1v) is 9.31. The molecule has 0 radical (unpaired) electrons. The fourth-order valence-electron chi connectivity index (χ4n) is 4.03. The van der Waals surface area contributed by atoms with Crippen molar-refractivity contribution in [1.82, 2.24) is 4.90 Å². The second-order valence-electron chi connectivity index (χ2n) is 7.03. The number of carbonyl (C=O) groups excluding carboxylic acids is 1. The molecule has 1 aromatic heterocycles. The third-order valence-corrected chi connectivity index (χ3v) is 5.48. The number of hydrogen-bond donors (Lipinski definition) is 0. The van der Waals surface area contributed by atoms with Crippen LogP contribution in [-0.4, -0.2) is 30.5 Å². The molecule has 1 amide bonds. The summed E-state index contributed by atoms with van der Waals surface area (Å²) >= 11 is 0. The predicted octanol–water partition coefficient (Wildman–Crippen LogP) is 4.19. The number of piperidine rings is 1. The molecule has 4 nitrogen and oxygen atoms in total. The van der Waals surface area contributed by atoms with Crippen molar-refractivity contribution >= 4 is 5.91 Å². The zero-order valence-corrected chi connectivity index (χ0v) is 14.7. The Morgan fingerprint density at radius 2 is 2.00 bits per heavy atom. The van der Waals surface area contributed by atoms with Crippen molar-refractivity contribution in [2.24, 2.45) is 5.92 Å². The molecule has 4 rings (SSSR count). The van der Waals surface area contributed by atoms with Crippen LogP contribution in [0.4, 0.5) is 0 Å². The van der Waals surface area contributed by atoms with E-state index >= 15 is 0 Å². The summed E-state index contributed by atoms with van der Waals surface area (Å²) in [6.45, 7) is 4.38. The molecule has 2 unspecified atom stereocenters. The number of para-hydroxylation sites is 1. The minimum absolute atomic E-state index is 0.124. The van der Waals surface area contributed by atoms with Crippen molar-refractivity contribution in [3.8, 4) is 5.75 Å². The van der Waals surface area contributed by atoms with Crippen LogP contribution in [0.1, 0.15) is 49.3 Å². The zero-order chi connectivity index (χ0) is 17.2. The molecule has 1 aliphatic heterocycles. The van der Waals surface area contributed by atoms with Gasteiger partial charge in [-0.2, -0.15) is 0 Å². The molecule has 4 heteroatoms. The average Bonchev–Trinajstić information content (AvgIpc) is 3.26. The maximum Gasteiger partial charge on any atom is 0.226 e. The minimum atomic E-state index is 0.124. The molecule has 0 bridgehead atoms. The van der Waals surface area contributed by atoms with Crippen molar-refractivity contribution in [1.29, 1.82) is 0 Å². The number of hydrogen-bond acceptors (Lipinski definition) is 3. The van der Waals surface area contributed by atoms with E-state index in [1.54, 1.807) is 6.26 Å². The highest BCUT2D eigenvalue weighted by Crippen LogP contribution is 2.49. The third-order valence-electron chi connectivity index (χ3n) is 5.48. The molecule has 1 aromatic carbocycles. The molecule has 1 saturated carbocycles. The summed E-state index contributed by atoms with van der Waals surface area (Å²) < 4.78 is 11.2. The topological polar surface area (TPSA) is 42.7 Å². The van der Waals surface area contributed by atoms with Crippen molar-refractivity contribution in [2.45, 2.75) is 38.0 Å². The van der Waals surface area contributed by atoms with Crippen LogP contribution in [-0.2, 0) is 4.79 Å². The van der Waals surface area contributed by atoms with Crippen LogP contribution in [0.15, 0.2) is 47.1 Å². The molecule has 0 spiro atoms. The molecular formula is C21H25NO3. The Balaban J connectivity index is 1.35. The van der Waals surface area contributed by atoms with Gasteiger partial charge in [-0.1, -0.05) is 18.2 Å². The normalized spacial score (nSPS) is 23.5. The van der Waals surface area contributed by atoms with Gasteiger partial charge in [-0.15, -0.1) is 0 Å². The number of ether oxygens (including phenoxy) is 1. The highest BCUT2D eigenvalue weighted by molar-refractivity contribution is 5.83. The average molecular weight is 339 g/mol. The smallest absolute Gasteiger partial charge is 0.226 e. The minimum Gasteiger partial charge on any atom is -0.494 e. The van der Waals surface area contributed by atoms with Gasteiger partial charge in [0.05, 0.1) is 12.9 Å². The molecule has 1 saturated heterocycles. The Labute approximate surface area is 148 Å². The first kappa shape index (κ1) is 16.2. The fourth-order valence-corrected chi connectivity index (χ4v) is 4.03. The molecule has 2 fully saturated rings. The molecule has 25 heavy (non-hydrogen) atoms. The number of nitrogens with zero attached hydrogens (tertiary/aromatic N) is 1. The van der Waals surface area contributed by atoms with E-state index in [-0.39, 0.29) is 5.92 Å². The van der Waals surface area contributed by atoms with Crippen LogP contribution in [0.25, 0.3) is 0 Å². The summed E-state index contributed by atoms with van der Waals surface area (Å²) in [5.74, 6) is 3.15. The van der Waals surface area contributed by atoms with Gasteiger partial charge in [-0.3, -0.25) is 4.79 Å². The summed E-state index contributed by atoms with van der Waals surface area (Å²) in [4.78, 5) is 14.8. The van der Waals surface area contributed by atoms with Gasteiger partial charge in [0.2, 0.25) is 5.91 Å². The standard InChI is InChI=1S/C21H25NO3/c1-2-24-19-7-4-3-6-16(19)15-9-11-22(12-10-15)21(23)18-14-17(18)20-8-5-13-25-20/h3-8,13,15,17-18H,2,9-12,14H2,1H3.